The van der Waals surface area contributed by atoms with Gasteiger partial charge in [-0.15, -0.1) is 0 Å². The second-order valence-electron chi connectivity index (χ2n) is 5.94. The van der Waals surface area contributed by atoms with Crippen molar-refractivity contribution in [2.75, 3.05) is 0 Å². The minimum atomic E-state index is 0.112. The van der Waals surface area contributed by atoms with Gasteiger partial charge in [-0.3, -0.25) is 4.79 Å². The van der Waals surface area contributed by atoms with E-state index in [9.17, 15) is 4.79 Å². The zero-order valence-electron chi connectivity index (χ0n) is 12.4. The highest BCUT2D eigenvalue weighted by atomic mass is 16.6. The van der Waals surface area contributed by atoms with Crippen molar-refractivity contribution in [3.8, 4) is 0 Å². The Balaban J connectivity index is 2.20. The van der Waals surface area contributed by atoms with E-state index >= 15 is 0 Å². The number of hydrogen-bond acceptors (Lipinski definition) is 2. The van der Waals surface area contributed by atoms with Gasteiger partial charge in [0.25, 0.3) is 0 Å². The van der Waals surface area contributed by atoms with Crippen molar-refractivity contribution in [2.24, 2.45) is 0 Å². The summed E-state index contributed by atoms with van der Waals surface area (Å²) >= 11 is 0. The molecule has 1 saturated heterocycles. The standard InChI is InChI=1S/C16H26O2/c1-12(9-10-15-16(4,5)18-15)7-6-8-13(2)11-14(3)17/h7,11,15H,6,8-10H2,1-5H3/b12-7+,13-11+. The first-order valence-corrected chi connectivity index (χ1v) is 6.82. The summed E-state index contributed by atoms with van der Waals surface area (Å²) in [6.07, 6.45) is 8.69. The molecule has 0 radical (unpaired) electrons. The molecule has 0 aromatic carbocycles. The van der Waals surface area contributed by atoms with Gasteiger partial charge < -0.3 is 4.74 Å². The molecule has 0 aromatic heterocycles. The molecule has 0 spiro atoms. The maximum Gasteiger partial charge on any atom is 0.152 e. The summed E-state index contributed by atoms with van der Waals surface area (Å²) < 4.78 is 5.57. The first-order valence-electron chi connectivity index (χ1n) is 6.82. The zero-order chi connectivity index (χ0) is 13.8. The molecule has 2 heteroatoms. The molecule has 0 saturated carbocycles. The van der Waals surface area contributed by atoms with Crippen molar-refractivity contribution < 1.29 is 9.53 Å². The predicted octanol–water partition coefficient (Wildman–Crippen LogP) is 4.21. The Morgan fingerprint density at radius 2 is 1.78 bits per heavy atom. The second-order valence-corrected chi connectivity index (χ2v) is 5.94. The Labute approximate surface area is 111 Å². The summed E-state index contributed by atoms with van der Waals surface area (Å²) in [7, 11) is 0. The lowest BCUT2D eigenvalue weighted by molar-refractivity contribution is -0.112. The molecule has 18 heavy (non-hydrogen) atoms. The Kier molecular flexibility index (Phi) is 5.33. The molecule has 1 aliphatic rings. The van der Waals surface area contributed by atoms with E-state index in [0.29, 0.717) is 6.10 Å². The third kappa shape index (κ3) is 5.63. The third-order valence-corrected chi connectivity index (χ3v) is 3.45. The number of epoxide rings is 1. The van der Waals surface area contributed by atoms with Crippen LogP contribution >= 0.6 is 0 Å². The average molecular weight is 250 g/mol. The smallest absolute Gasteiger partial charge is 0.152 e. The van der Waals surface area contributed by atoms with Crippen LogP contribution in [0.15, 0.2) is 23.3 Å². The lowest BCUT2D eigenvalue weighted by atomic mass is 10.0. The molecular formula is C16H26O2. The lowest BCUT2D eigenvalue weighted by Crippen LogP contribution is -2.02. The molecular weight excluding hydrogens is 224 g/mol. The largest absolute Gasteiger partial charge is 0.367 e. The van der Waals surface area contributed by atoms with Gasteiger partial charge in [-0.1, -0.05) is 17.2 Å². The number of rotatable bonds is 7. The van der Waals surface area contributed by atoms with Crippen molar-refractivity contribution in [3.05, 3.63) is 23.3 Å². The van der Waals surface area contributed by atoms with Crippen LogP contribution in [0, 0.1) is 0 Å². The fourth-order valence-corrected chi connectivity index (χ4v) is 2.17. The maximum absolute atomic E-state index is 10.9. The number of ketones is 1. The molecule has 0 amide bonds. The van der Waals surface area contributed by atoms with Crippen molar-refractivity contribution in [1.29, 1.82) is 0 Å². The zero-order valence-corrected chi connectivity index (χ0v) is 12.4. The molecule has 2 nitrogen and oxygen atoms in total. The number of carbonyl (C=O) groups is 1. The summed E-state index contributed by atoms with van der Waals surface area (Å²) in [5, 5.41) is 0. The summed E-state index contributed by atoms with van der Waals surface area (Å²) in [6.45, 7) is 10.1. The number of allylic oxidation sites excluding steroid dienone is 4. The molecule has 1 unspecified atom stereocenters. The normalized spacial score (nSPS) is 23.1. The summed E-state index contributed by atoms with van der Waals surface area (Å²) in [6, 6.07) is 0. The summed E-state index contributed by atoms with van der Waals surface area (Å²) in [4.78, 5) is 10.9. The first kappa shape index (κ1) is 15.2. The van der Waals surface area contributed by atoms with E-state index in [1.54, 1.807) is 13.0 Å². The van der Waals surface area contributed by atoms with Crippen molar-refractivity contribution in [2.45, 2.75) is 72.0 Å². The highest BCUT2D eigenvalue weighted by Crippen LogP contribution is 2.38. The molecule has 1 heterocycles. The molecule has 1 aliphatic heterocycles. The monoisotopic (exact) mass is 250 g/mol. The van der Waals surface area contributed by atoms with Gasteiger partial charge in [-0.05, 0) is 66.4 Å². The quantitative estimate of drug-likeness (QED) is 0.385. The molecule has 1 rings (SSSR count). The highest BCUT2D eigenvalue weighted by Gasteiger charge is 2.46. The lowest BCUT2D eigenvalue weighted by Gasteiger charge is -2.01. The van der Waals surface area contributed by atoms with Crippen LogP contribution in [0.1, 0.15) is 60.3 Å². The number of ether oxygens (including phenoxy) is 1. The van der Waals surface area contributed by atoms with E-state index in [4.69, 9.17) is 4.74 Å². The minimum Gasteiger partial charge on any atom is -0.367 e. The fraction of sp³-hybridized carbons (Fsp3) is 0.688. The van der Waals surface area contributed by atoms with Crippen molar-refractivity contribution in [1.82, 2.24) is 0 Å². The van der Waals surface area contributed by atoms with E-state index in [1.165, 1.54) is 11.1 Å². The predicted molar refractivity (Wildman–Crippen MR) is 75.6 cm³/mol. The van der Waals surface area contributed by atoms with Crippen molar-refractivity contribution >= 4 is 5.78 Å². The Morgan fingerprint density at radius 3 is 2.28 bits per heavy atom. The van der Waals surface area contributed by atoms with E-state index in [-0.39, 0.29) is 11.4 Å². The van der Waals surface area contributed by atoms with Gasteiger partial charge in [0.05, 0.1) is 11.7 Å². The van der Waals surface area contributed by atoms with Gasteiger partial charge in [0.1, 0.15) is 0 Å². The van der Waals surface area contributed by atoms with Crippen LogP contribution in [0.3, 0.4) is 0 Å². The van der Waals surface area contributed by atoms with E-state index in [1.807, 2.05) is 6.92 Å². The molecule has 0 bridgehead atoms. The van der Waals surface area contributed by atoms with E-state index in [0.717, 1.165) is 25.7 Å². The molecule has 0 aromatic rings. The average Bonchev–Trinajstić information content (AvgIpc) is 2.82. The SMILES string of the molecule is CC(=O)/C=C(\C)CC/C=C(\C)CCC1OC1(C)C. The maximum atomic E-state index is 10.9. The van der Waals surface area contributed by atoms with Gasteiger partial charge in [-0.2, -0.15) is 0 Å². The topological polar surface area (TPSA) is 29.6 Å². The van der Waals surface area contributed by atoms with Gasteiger partial charge in [0, 0.05) is 0 Å². The number of carbonyl (C=O) groups excluding carboxylic acids is 1. The first-order chi connectivity index (χ1) is 8.31. The molecule has 102 valence electrons. The molecule has 1 atom stereocenters. The summed E-state index contributed by atoms with van der Waals surface area (Å²) in [5.41, 5.74) is 2.70. The van der Waals surface area contributed by atoms with Gasteiger partial charge in [0.2, 0.25) is 0 Å². The summed E-state index contributed by atoms with van der Waals surface area (Å²) in [5.74, 6) is 0.140. The van der Waals surface area contributed by atoms with Gasteiger partial charge in [-0.25, -0.2) is 0 Å². The fourth-order valence-electron chi connectivity index (χ4n) is 2.17. The molecule has 0 aliphatic carbocycles. The van der Waals surface area contributed by atoms with Crippen molar-refractivity contribution in [3.63, 3.8) is 0 Å². The second kappa shape index (κ2) is 6.33. The Bertz CT molecular complexity index is 361. The van der Waals surface area contributed by atoms with Crippen LogP contribution in [0.5, 0.6) is 0 Å². The van der Waals surface area contributed by atoms with Gasteiger partial charge in [0.15, 0.2) is 5.78 Å². The van der Waals surface area contributed by atoms with Crippen LogP contribution in [0.2, 0.25) is 0 Å². The Morgan fingerprint density at radius 1 is 1.17 bits per heavy atom. The number of hydrogen-bond donors (Lipinski definition) is 0. The minimum absolute atomic E-state index is 0.112. The van der Waals surface area contributed by atoms with E-state index in [2.05, 4.69) is 26.8 Å². The van der Waals surface area contributed by atoms with Crippen LogP contribution in [-0.4, -0.2) is 17.5 Å². The Hall–Kier alpha value is -0.890. The van der Waals surface area contributed by atoms with Crippen LogP contribution in [0.25, 0.3) is 0 Å². The molecule has 1 fully saturated rings. The highest BCUT2D eigenvalue weighted by molar-refractivity contribution is 5.87. The van der Waals surface area contributed by atoms with Crippen LogP contribution < -0.4 is 0 Å². The van der Waals surface area contributed by atoms with E-state index < -0.39 is 0 Å². The molecule has 0 N–H and O–H groups in total. The van der Waals surface area contributed by atoms with Crippen LogP contribution in [0.4, 0.5) is 0 Å². The van der Waals surface area contributed by atoms with Gasteiger partial charge >= 0.3 is 0 Å². The third-order valence-electron chi connectivity index (χ3n) is 3.45. The van der Waals surface area contributed by atoms with Crippen LogP contribution in [-0.2, 0) is 9.53 Å².